The van der Waals surface area contributed by atoms with Crippen LogP contribution in [0.3, 0.4) is 0 Å². The van der Waals surface area contributed by atoms with E-state index in [0.717, 1.165) is 25.9 Å². The van der Waals surface area contributed by atoms with E-state index in [9.17, 15) is 9.59 Å². The second-order valence-corrected chi connectivity index (χ2v) is 5.76. The lowest BCUT2D eigenvalue weighted by Crippen LogP contribution is -2.38. The number of likely N-dealkylation sites (tertiary alicyclic amines) is 1. The van der Waals surface area contributed by atoms with E-state index in [1.54, 1.807) is 17.0 Å². The van der Waals surface area contributed by atoms with E-state index in [-0.39, 0.29) is 17.9 Å². The molecule has 2 heterocycles. The van der Waals surface area contributed by atoms with Crippen molar-refractivity contribution in [3.63, 3.8) is 0 Å². The number of hydrogen-bond acceptors (Lipinski definition) is 3. The van der Waals surface area contributed by atoms with E-state index in [2.05, 4.69) is 0 Å². The molecule has 2 amide bonds. The van der Waals surface area contributed by atoms with Gasteiger partial charge in [-0.1, -0.05) is 0 Å². The molecule has 0 spiro atoms. The highest BCUT2D eigenvalue weighted by Crippen LogP contribution is 2.13. The molecule has 5 heteroatoms. The minimum absolute atomic E-state index is 0.0875. The predicted octanol–water partition coefficient (Wildman–Crippen LogP) is 2.53. The third-order valence-electron chi connectivity index (χ3n) is 3.86. The molecule has 0 N–H and O–H groups in total. The van der Waals surface area contributed by atoms with Crippen LogP contribution in [0.15, 0.2) is 22.8 Å². The van der Waals surface area contributed by atoms with Crippen molar-refractivity contribution in [3.8, 4) is 0 Å². The summed E-state index contributed by atoms with van der Waals surface area (Å²) in [6.07, 6.45) is 4.93. The number of rotatable bonds is 6. The Kier molecular flexibility index (Phi) is 5.42. The zero-order valence-corrected chi connectivity index (χ0v) is 12.9. The highest BCUT2D eigenvalue weighted by molar-refractivity contribution is 5.91. The summed E-state index contributed by atoms with van der Waals surface area (Å²) < 4.78 is 5.17. The molecular formula is C16H24N2O3. The maximum Gasteiger partial charge on any atom is 0.289 e. The molecule has 1 aromatic rings. The first-order valence-corrected chi connectivity index (χ1v) is 7.72. The lowest BCUT2D eigenvalue weighted by atomic mass is 10.2. The van der Waals surface area contributed by atoms with Crippen LogP contribution in [0, 0.1) is 0 Å². The summed E-state index contributed by atoms with van der Waals surface area (Å²) in [6.45, 7) is 6.30. The molecule has 0 bridgehead atoms. The van der Waals surface area contributed by atoms with Crippen molar-refractivity contribution >= 4 is 11.8 Å². The maximum atomic E-state index is 12.3. The predicted molar refractivity (Wildman–Crippen MR) is 79.9 cm³/mol. The number of amides is 2. The largest absolute Gasteiger partial charge is 0.459 e. The molecule has 0 radical (unpaired) electrons. The number of furan rings is 1. The minimum Gasteiger partial charge on any atom is -0.459 e. The van der Waals surface area contributed by atoms with Gasteiger partial charge in [-0.25, -0.2) is 0 Å². The molecule has 1 aromatic heterocycles. The van der Waals surface area contributed by atoms with E-state index >= 15 is 0 Å². The molecular weight excluding hydrogens is 268 g/mol. The molecule has 1 aliphatic rings. The van der Waals surface area contributed by atoms with Crippen LogP contribution >= 0.6 is 0 Å². The average molecular weight is 292 g/mol. The zero-order valence-electron chi connectivity index (χ0n) is 12.9. The van der Waals surface area contributed by atoms with Crippen LogP contribution < -0.4 is 0 Å². The average Bonchev–Trinajstić information content (AvgIpc) is 3.14. The van der Waals surface area contributed by atoms with Crippen molar-refractivity contribution in [1.82, 2.24) is 9.80 Å². The Morgan fingerprint density at radius 1 is 1.33 bits per heavy atom. The van der Waals surface area contributed by atoms with Crippen molar-refractivity contribution in [2.75, 3.05) is 19.6 Å². The van der Waals surface area contributed by atoms with Gasteiger partial charge in [0.15, 0.2) is 5.76 Å². The second-order valence-electron chi connectivity index (χ2n) is 5.76. The van der Waals surface area contributed by atoms with E-state index < -0.39 is 0 Å². The minimum atomic E-state index is -0.108. The Bertz CT molecular complexity index is 462. The van der Waals surface area contributed by atoms with E-state index in [1.165, 1.54) is 6.26 Å². The standard InChI is InChI=1S/C16H24N2O3/c1-13(2)18(16(20)14-7-6-12-21-14)11-5-8-15(19)17-9-3-4-10-17/h6-7,12-13H,3-5,8-11H2,1-2H3. The van der Waals surface area contributed by atoms with Gasteiger partial charge in [0.1, 0.15) is 0 Å². The van der Waals surface area contributed by atoms with Crippen LogP contribution in [0.4, 0.5) is 0 Å². The SMILES string of the molecule is CC(C)N(CCCC(=O)N1CCCC1)C(=O)c1ccco1. The van der Waals surface area contributed by atoms with Gasteiger partial charge in [-0.2, -0.15) is 0 Å². The molecule has 1 aliphatic heterocycles. The van der Waals surface area contributed by atoms with E-state index in [4.69, 9.17) is 4.42 Å². The van der Waals surface area contributed by atoms with Crippen molar-refractivity contribution in [2.24, 2.45) is 0 Å². The van der Waals surface area contributed by atoms with Gasteiger partial charge in [0, 0.05) is 32.1 Å². The Morgan fingerprint density at radius 3 is 2.62 bits per heavy atom. The van der Waals surface area contributed by atoms with E-state index in [1.807, 2.05) is 18.7 Å². The molecule has 0 atom stereocenters. The molecule has 5 nitrogen and oxygen atoms in total. The highest BCUT2D eigenvalue weighted by atomic mass is 16.3. The quantitative estimate of drug-likeness (QED) is 0.809. The first-order chi connectivity index (χ1) is 10.1. The van der Waals surface area contributed by atoms with Crippen LogP contribution in [0.2, 0.25) is 0 Å². The van der Waals surface area contributed by atoms with Gasteiger partial charge in [-0.3, -0.25) is 9.59 Å². The normalized spacial score (nSPS) is 14.7. The van der Waals surface area contributed by atoms with Crippen molar-refractivity contribution in [3.05, 3.63) is 24.2 Å². The third-order valence-corrected chi connectivity index (χ3v) is 3.86. The highest BCUT2D eigenvalue weighted by Gasteiger charge is 2.22. The second kappa shape index (κ2) is 7.29. The Labute approximate surface area is 125 Å². The number of hydrogen-bond donors (Lipinski definition) is 0. The number of nitrogens with zero attached hydrogens (tertiary/aromatic N) is 2. The fourth-order valence-corrected chi connectivity index (χ4v) is 2.66. The lowest BCUT2D eigenvalue weighted by Gasteiger charge is -2.26. The first-order valence-electron chi connectivity index (χ1n) is 7.72. The number of carbonyl (C=O) groups excluding carboxylic acids is 2. The van der Waals surface area contributed by atoms with Gasteiger partial charge in [0.2, 0.25) is 5.91 Å². The van der Waals surface area contributed by atoms with Crippen LogP contribution in [0.5, 0.6) is 0 Å². The van der Waals surface area contributed by atoms with Gasteiger partial charge in [-0.05, 0) is 45.2 Å². The van der Waals surface area contributed by atoms with Crippen molar-refractivity contribution in [1.29, 1.82) is 0 Å². The Hall–Kier alpha value is -1.78. The molecule has 116 valence electrons. The summed E-state index contributed by atoms with van der Waals surface area (Å²) in [5.74, 6) is 0.458. The topological polar surface area (TPSA) is 53.8 Å². The van der Waals surface area contributed by atoms with Crippen molar-refractivity contribution < 1.29 is 14.0 Å². The van der Waals surface area contributed by atoms with Gasteiger partial charge in [0.25, 0.3) is 5.91 Å². The van der Waals surface area contributed by atoms with E-state index in [0.29, 0.717) is 25.1 Å². The van der Waals surface area contributed by atoms with Crippen LogP contribution in [-0.4, -0.2) is 47.3 Å². The fourth-order valence-electron chi connectivity index (χ4n) is 2.66. The zero-order chi connectivity index (χ0) is 15.2. The lowest BCUT2D eigenvalue weighted by molar-refractivity contribution is -0.130. The number of carbonyl (C=O) groups is 2. The monoisotopic (exact) mass is 292 g/mol. The van der Waals surface area contributed by atoms with Crippen molar-refractivity contribution in [2.45, 2.75) is 45.6 Å². The van der Waals surface area contributed by atoms with Gasteiger partial charge < -0.3 is 14.2 Å². The smallest absolute Gasteiger partial charge is 0.289 e. The van der Waals surface area contributed by atoms with Crippen LogP contribution in [0.25, 0.3) is 0 Å². The summed E-state index contributed by atoms with van der Waals surface area (Å²) in [5, 5.41) is 0. The van der Waals surface area contributed by atoms with Gasteiger partial charge in [0.05, 0.1) is 6.26 Å². The third kappa shape index (κ3) is 4.09. The van der Waals surface area contributed by atoms with Gasteiger partial charge in [-0.15, -0.1) is 0 Å². The molecule has 21 heavy (non-hydrogen) atoms. The molecule has 0 unspecified atom stereocenters. The van der Waals surface area contributed by atoms with Gasteiger partial charge >= 0.3 is 0 Å². The molecule has 0 aliphatic carbocycles. The molecule has 0 saturated carbocycles. The molecule has 1 saturated heterocycles. The molecule has 1 fully saturated rings. The summed E-state index contributed by atoms with van der Waals surface area (Å²) in [5.41, 5.74) is 0. The summed E-state index contributed by atoms with van der Waals surface area (Å²) in [4.78, 5) is 28.0. The fraction of sp³-hybridized carbons (Fsp3) is 0.625. The Balaban J connectivity index is 1.83. The maximum absolute atomic E-state index is 12.3. The van der Waals surface area contributed by atoms with Crippen LogP contribution in [-0.2, 0) is 4.79 Å². The van der Waals surface area contributed by atoms with Crippen LogP contribution in [0.1, 0.15) is 50.1 Å². The molecule has 2 rings (SSSR count). The summed E-state index contributed by atoms with van der Waals surface area (Å²) in [7, 11) is 0. The first kappa shape index (κ1) is 15.6. The summed E-state index contributed by atoms with van der Waals surface area (Å²) >= 11 is 0. The Morgan fingerprint density at radius 2 is 2.05 bits per heavy atom. The summed E-state index contributed by atoms with van der Waals surface area (Å²) in [6, 6.07) is 3.47. The molecule has 0 aromatic carbocycles.